The topological polar surface area (TPSA) is 3.24 Å². The molecular weight excluding hydrogens is 496 g/mol. The van der Waals surface area contributed by atoms with Crippen molar-refractivity contribution in [3.8, 4) is 0 Å². The summed E-state index contributed by atoms with van der Waals surface area (Å²) in [5.74, 6) is 1.60. The molecule has 0 atom stereocenters. The van der Waals surface area contributed by atoms with Crippen molar-refractivity contribution < 1.29 is 17.9 Å². The van der Waals surface area contributed by atoms with Gasteiger partial charge in [0.25, 0.3) is 0 Å². The molecule has 3 heteroatoms. The summed E-state index contributed by atoms with van der Waals surface area (Å²) in [6.45, 7) is 21.8. The zero-order valence-electron chi connectivity index (χ0n) is 21.7. The first-order valence-corrected chi connectivity index (χ1v) is 15.0. The van der Waals surface area contributed by atoms with Gasteiger partial charge in [0, 0.05) is 6.54 Å². The molecule has 0 N–H and O–H groups in total. The Labute approximate surface area is 210 Å². The Morgan fingerprint density at radius 3 is 1.88 bits per heavy atom. The van der Waals surface area contributed by atoms with Gasteiger partial charge < -0.3 is 4.90 Å². The molecule has 2 aromatic carbocycles. The van der Waals surface area contributed by atoms with Crippen molar-refractivity contribution in [3.63, 3.8) is 0 Å². The first kappa shape index (κ1) is 29.4. The van der Waals surface area contributed by atoms with E-state index in [4.69, 9.17) is 0 Å². The summed E-state index contributed by atoms with van der Waals surface area (Å²) in [7, 11) is 0.0735. The standard InChI is InChI=1S/C22H39NP.C7H6.Rh/c1-9-23(10-2)13-21-12-22(20(8)11-19(21)7)16-24(14-17(3)4)15-18(5)6;1-7-5-3-2-4-6-7;/h11,17-18H,9-10,13-16H2,1-8H3;1-6H;/q-1;;. The molecule has 0 radical (unpaired) electrons. The molecule has 0 bridgehead atoms. The Bertz CT molecular complexity index is 771. The van der Waals surface area contributed by atoms with Gasteiger partial charge in [0.2, 0.25) is 0 Å². The second kappa shape index (κ2) is 16.0. The second-order valence-electron chi connectivity index (χ2n) is 9.54. The molecule has 0 fully saturated rings. The zero-order valence-corrected chi connectivity index (χ0v) is 24.2. The Balaban J connectivity index is 0.000000533. The number of nitrogens with zero attached hydrogens (tertiary/aromatic N) is 1. The van der Waals surface area contributed by atoms with Crippen LogP contribution >= 0.6 is 7.92 Å². The van der Waals surface area contributed by atoms with Crippen LogP contribution in [0.15, 0.2) is 36.4 Å². The Kier molecular flexibility index (Phi) is 14.7. The third kappa shape index (κ3) is 11.5. The van der Waals surface area contributed by atoms with Crippen LogP contribution in [-0.2, 0) is 30.6 Å². The van der Waals surface area contributed by atoms with E-state index < -0.39 is 0 Å². The van der Waals surface area contributed by atoms with Crippen LogP contribution in [0.5, 0.6) is 0 Å². The molecule has 0 aromatic heterocycles. The van der Waals surface area contributed by atoms with Crippen LogP contribution in [0.1, 0.15) is 69.4 Å². The number of benzene rings is 2. The average Bonchev–Trinajstić information content (AvgIpc) is 2.75. The summed E-state index contributed by atoms with van der Waals surface area (Å²) in [6, 6.07) is 16.4. The van der Waals surface area contributed by atoms with Crippen LogP contribution in [0.2, 0.25) is 0 Å². The fourth-order valence-electron chi connectivity index (χ4n) is 3.85. The van der Waals surface area contributed by atoms with E-state index in [2.05, 4.69) is 102 Å². The van der Waals surface area contributed by atoms with E-state index in [-0.39, 0.29) is 7.92 Å². The predicted molar refractivity (Wildman–Crippen MR) is 143 cm³/mol. The molecular formula is C29H45NPRh-. The van der Waals surface area contributed by atoms with Crippen molar-refractivity contribution in [2.45, 2.75) is 68.1 Å². The predicted octanol–water partition coefficient (Wildman–Crippen LogP) is 7.62. The molecule has 0 saturated heterocycles. The van der Waals surface area contributed by atoms with Gasteiger partial charge in [0.05, 0.1) is 0 Å². The maximum atomic E-state index is 3.83. The van der Waals surface area contributed by atoms with Crippen molar-refractivity contribution in [1.29, 1.82) is 0 Å². The Hall–Kier alpha value is -0.677. The van der Waals surface area contributed by atoms with Gasteiger partial charge in [-0.1, -0.05) is 55.4 Å². The summed E-state index contributed by atoms with van der Waals surface area (Å²) in [4.78, 5) is 2.49. The van der Waals surface area contributed by atoms with E-state index in [1.54, 1.807) is 0 Å². The van der Waals surface area contributed by atoms with Gasteiger partial charge >= 0.3 is 58.4 Å². The van der Waals surface area contributed by atoms with E-state index in [9.17, 15) is 0 Å². The second-order valence-corrected chi connectivity index (χ2v) is 12.4. The third-order valence-electron chi connectivity index (χ3n) is 5.50. The van der Waals surface area contributed by atoms with Crippen molar-refractivity contribution in [3.05, 3.63) is 70.3 Å². The minimum atomic E-state index is 0.0735. The van der Waals surface area contributed by atoms with E-state index in [1.807, 2.05) is 22.8 Å². The average molecular weight is 542 g/mol. The van der Waals surface area contributed by atoms with Gasteiger partial charge in [-0.05, 0) is 43.4 Å². The van der Waals surface area contributed by atoms with E-state index in [0.717, 1.165) is 31.5 Å². The fraction of sp³-hybridized carbons (Fsp3) is 0.552. The van der Waals surface area contributed by atoms with Crippen LogP contribution in [0.25, 0.3) is 0 Å². The SMILES string of the molecule is CCN(CC)Cc1[c-]c(CP(CC(C)C)CC(C)C)c(C)cc1C.[Rh]=[CH]c1ccccc1. The van der Waals surface area contributed by atoms with Gasteiger partial charge in [-0.3, -0.25) is 0 Å². The van der Waals surface area contributed by atoms with Gasteiger partial charge in [-0.2, -0.15) is 28.8 Å². The first-order chi connectivity index (χ1) is 15.2. The van der Waals surface area contributed by atoms with Gasteiger partial charge in [0.1, 0.15) is 0 Å². The van der Waals surface area contributed by atoms with Gasteiger partial charge in [0.15, 0.2) is 0 Å². The molecule has 1 nitrogen and oxygen atoms in total. The van der Waals surface area contributed by atoms with Crippen molar-refractivity contribution >= 4 is 12.5 Å². The molecule has 0 spiro atoms. The van der Waals surface area contributed by atoms with E-state index in [0.29, 0.717) is 0 Å². The van der Waals surface area contributed by atoms with Gasteiger partial charge in [-0.25, -0.2) is 0 Å². The van der Waals surface area contributed by atoms with Crippen LogP contribution < -0.4 is 0 Å². The normalized spacial score (nSPS) is 11.3. The molecule has 0 amide bonds. The number of rotatable bonds is 11. The molecule has 0 aliphatic heterocycles. The number of aryl methyl sites for hydroxylation is 2. The summed E-state index contributed by atoms with van der Waals surface area (Å²) < 4.78 is 1.97. The quantitative estimate of drug-likeness (QED) is 0.161. The van der Waals surface area contributed by atoms with Crippen LogP contribution in [0.3, 0.4) is 0 Å². The molecule has 0 saturated carbocycles. The third-order valence-corrected chi connectivity index (χ3v) is 9.31. The fourth-order valence-corrected chi connectivity index (χ4v) is 7.42. The molecule has 0 unspecified atom stereocenters. The Morgan fingerprint density at radius 1 is 0.906 bits per heavy atom. The summed E-state index contributed by atoms with van der Waals surface area (Å²) in [5, 5.41) is 0. The zero-order chi connectivity index (χ0) is 24.1. The maximum absolute atomic E-state index is 3.83. The molecule has 2 rings (SSSR count). The monoisotopic (exact) mass is 541 g/mol. The molecule has 2 aromatic rings. The summed E-state index contributed by atoms with van der Waals surface area (Å²) in [6.07, 6.45) is 4.03. The summed E-state index contributed by atoms with van der Waals surface area (Å²) >= 11 is 2.74. The van der Waals surface area contributed by atoms with Crippen molar-refractivity contribution in [1.82, 2.24) is 4.90 Å². The summed E-state index contributed by atoms with van der Waals surface area (Å²) in [5.41, 5.74) is 6.97. The van der Waals surface area contributed by atoms with Crippen LogP contribution in [0.4, 0.5) is 0 Å². The number of hydrogen-bond acceptors (Lipinski definition) is 1. The van der Waals surface area contributed by atoms with Crippen LogP contribution in [-0.4, -0.2) is 34.9 Å². The van der Waals surface area contributed by atoms with Crippen molar-refractivity contribution in [2.75, 3.05) is 25.4 Å². The molecule has 0 heterocycles. The minimum absolute atomic E-state index is 0.0735. The van der Waals surface area contributed by atoms with Gasteiger partial charge in [-0.15, -0.1) is 13.5 Å². The molecule has 0 aliphatic rings. The Morgan fingerprint density at radius 2 is 1.44 bits per heavy atom. The first-order valence-electron chi connectivity index (χ1n) is 12.1. The van der Waals surface area contributed by atoms with E-state index >= 15 is 0 Å². The molecule has 181 valence electrons. The van der Waals surface area contributed by atoms with Crippen molar-refractivity contribution in [2.24, 2.45) is 11.8 Å². The molecule has 32 heavy (non-hydrogen) atoms. The van der Waals surface area contributed by atoms with E-state index in [1.165, 1.54) is 46.3 Å². The number of hydrogen-bond donors (Lipinski definition) is 0. The molecule has 0 aliphatic carbocycles. The van der Waals surface area contributed by atoms with Crippen LogP contribution in [0, 0.1) is 31.7 Å².